The zero-order valence-electron chi connectivity index (χ0n) is 27.4. The summed E-state index contributed by atoms with van der Waals surface area (Å²) in [7, 11) is 1.54. The Balaban J connectivity index is 1.28. The van der Waals surface area contributed by atoms with Gasteiger partial charge in [0.15, 0.2) is 36.2 Å². The fourth-order valence-corrected chi connectivity index (χ4v) is 7.81. The summed E-state index contributed by atoms with van der Waals surface area (Å²) >= 11 is 0. The van der Waals surface area contributed by atoms with Crippen molar-refractivity contribution in [3.05, 3.63) is 51.6 Å². The lowest BCUT2D eigenvalue weighted by atomic mass is 9.72. The number of hydrogen-bond acceptors (Lipinski definition) is 14. The lowest BCUT2D eigenvalue weighted by molar-refractivity contribution is -0.256. The molecule has 3 saturated heterocycles. The number of hydrogen-bond donors (Lipinski definition) is 5. The Morgan fingerprint density at radius 2 is 1.86 bits per heavy atom. The van der Waals surface area contributed by atoms with Crippen LogP contribution in [0.15, 0.2) is 18.2 Å². The number of fused-ring (bicyclic) bond motifs is 6. The second-order valence-corrected chi connectivity index (χ2v) is 13.4. The number of nitrogens with two attached hydrogens (primary N) is 1. The van der Waals surface area contributed by atoms with E-state index in [1.807, 2.05) is 6.92 Å². The molecule has 2 aliphatic carbocycles. The van der Waals surface area contributed by atoms with Gasteiger partial charge in [0.25, 0.3) is 0 Å². The third-order valence-electron chi connectivity index (χ3n) is 10.3. The van der Waals surface area contributed by atoms with E-state index >= 15 is 0 Å². The van der Waals surface area contributed by atoms with Crippen molar-refractivity contribution < 1.29 is 58.2 Å². The maximum Gasteiger partial charge on any atom is 0.241 e. The molecule has 0 spiro atoms. The number of carbonyl (C=O) groups excluding carboxylic acids is 4. The molecule has 7 rings (SSSR count). The Hall–Kier alpha value is -3.80. The summed E-state index contributed by atoms with van der Waals surface area (Å²) in [6, 6.07) is 3.16. The highest BCUT2D eigenvalue weighted by atomic mass is 16.7. The van der Waals surface area contributed by atoms with Gasteiger partial charge in [-0.05, 0) is 26.8 Å². The molecule has 0 unspecified atom stereocenters. The number of carbonyl (C=O) groups is 4. The van der Waals surface area contributed by atoms with E-state index in [-0.39, 0.29) is 46.5 Å². The molecule has 0 bridgehead atoms. The molecular weight excluding hydrogens is 642 g/mol. The second kappa shape index (κ2) is 12.2. The summed E-state index contributed by atoms with van der Waals surface area (Å²) in [5.74, 6) is -4.14. The second-order valence-electron chi connectivity index (χ2n) is 13.4. The third-order valence-corrected chi connectivity index (χ3v) is 10.3. The average molecular weight is 682 g/mol. The number of amides is 1. The Morgan fingerprint density at radius 1 is 1.12 bits per heavy atom. The Morgan fingerprint density at radius 3 is 2.55 bits per heavy atom. The summed E-state index contributed by atoms with van der Waals surface area (Å²) < 4.78 is 30.1. The van der Waals surface area contributed by atoms with Crippen molar-refractivity contribution in [3.63, 3.8) is 0 Å². The summed E-state index contributed by atoms with van der Waals surface area (Å²) in [6.45, 7) is 5.49. The number of phenols is 2. The SMILES string of the molecule is CO[C@H]1OCCN2[C@@H]1O[C@@H]1[C@H](C)O[C@@H](O[C@H]3C[C@](O)(C(C)=O)Cc4c(O)c5c(c(O)c43)C(=O)c3c(NC(=O)[C@H](C)N)cccc3C5=O)C[C@@H]12. The standard InChI is InChI=1S/C34H39N3O12/c1-13(35)31(43)36-18-7-5-6-16-22(18)28(41)25-24(26(16)39)27(40)17-11-34(44,15(3)38)12-20(23(17)29(25)42)48-21-10-19-30(14(2)47-21)49-32-33(45-4)46-9-8-37(19)32/h5-7,13-14,19-21,30,32-33,40,42,44H,8-12,35H2,1-4H3,(H,36,43)/t13-,14-,19-,20-,21-,30+,32+,33-,34-/m0/s1. The highest BCUT2D eigenvalue weighted by molar-refractivity contribution is 6.32. The number of phenolic OH excluding ortho intramolecular Hbond substituents is 2. The summed E-state index contributed by atoms with van der Waals surface area (Å²) in [6.07, 6.45) is -4.51. The van der Waals surface area contributed by atoms with E-state index in [2.05, 4.69) is 10.2 Å². The van der Waals surface area contributed by atoms with Crippen molar-refractivity contribution in [2.45, 2.75) is 94.8 Å². The first-order chi connectivity index (χ1) is 23.2. The predicted octanol–water partition coefficient (Wildman–Crippen LogP) is 1.02. The number of ether oxygens (including phenoxy) is 5. The highest BCUT2D eigenvalue weighted by Crippen LogP contribution is 2.53. The van der Waals surface area contributed by atoms with E-state index in [0.29, 0.717) is 19.6 Å². The van der Waals surface area contributed by atoms with Crippen molar-refractivity contribution in [1.29, 1.82) is 0 Å². The van der Waals surface area contributed by atoms with Gasteiger partial charge in [-0.25, -0.2) is 0 Å². The summed E-state index contributed by atoms with van der Waals surface area (Å²) in [4.78, 5) is 55.5. The fraction of sp³-hybridized carbons (Fsp3) is 0.529. The zero-order valence-corrected chi connectivity index (χ0v) is 27.4. The highest BCUT2D eigenvalue weighted by Gasteiger charge is 2.55. The predicted molar refractivity (Wildman–Crippen MR) is 168 cm³/mol. The minimum absolute atomic E-state index is 0.00854. The Bertz CT molecular complexity index is 1760. The normalized spacial score (nSPS) is 32.7. The first-order valence-electron chi connectivity index (χ1n) is 16.2. The fourth-order valence-electron chi connectivity index (χ4n) is 7.81. The monoisotopic (exact) mass is 681 g/mol. The van der Waals surface area contributed by atoms with E-state index in [4.69, 9.17) is 29.4 Å². The van der Waals surface area contributed by atoms with Gasteiger partial charge in [-0.2, -0.15) is 0 Å². The van der Waals surface area contributed by atoms with Crippen LogP contribution in [0, 0.1) is 0 Å². The number of aliphatic hydroxyl groups is 1. The molecule has 0 saturated carbocycles. The number of benzene rings is 2. The van der Waals surface area contributed by atoms with E-state index < -0.39 is 95.0 Å². The number of nitrogens with one attached hydrogen (secondary N) is 1. The molecule has 5 aliphatic rings. The molecule has 9 atom stereocenters. The van der Waals surface area contributed by atoms with E-state index in [9.17, 15) is 34.5 Å². The average Bonchev–Trinajstić information content (AvgIpc) is 3.44. The number of rotatable bonds is 6. The minimum atomic E-state index is -2.04. The molecule has 3 fully saturated rings. The molecule has 49 heavy (non-hydrogen) atoms. The molecular formula is C34H39N3O12. The molecule has 2 aromatic rings. The van der Waals surface area contributed by atoms with Gasteiger partial charge < -0.3 is 50.1 Å². The number of methoxy groups -OCH3 is 1. The van der Waals surface area contributed by atoms with Crippen LogP contribution in [0.1, 0.15) is 82.7 Å². The third kappa shape index (κ3) is 5.27. The van der Waals surface area contributed by atoms with Gasteiger partial charge >= 0.3 is 0 Å². The van der Waals surface area contributed by atoms with Crippen molar-refractivity contribution in [2.75, 3.05) is 25.6 Å². The minimum Gasteiger partial charge on any atom is -0.507 e. The number of Topliss-reactive ketones (excluding diaryl/α,β-unsaturated/α-hetero) is 1. The first kappa shape index (κ1) is 33.7. The molecule has 0 radical (unpaired) electrons. The van der Waals surface area contributed by atoms with Crippen LogP contribution in [0.5, 0.6) is 11.5 Å². The van der Waals surface area contributed by atoms with Crippen molar-refractivity contribution in [2.24, 2.45) is 5.73 Å². The van der Waals surface area contributed by atoms with Gasteiger partial charge in [0.05, 0.1) is 47.2 Å². The van der Waals surface area contributed by atoms with E-state index in [1.54, 1.807) is 0 Å². The van der Waals surface area contributed by atoms with Gasteiger partial charge in [-0.15, -0.1) is 0 Å². The summed E-state index contributed by atoms with van der Waals surface area (Å²) in [5.41, 5.74) is 2.28. The number of nitrogens with zero attached hydrogens (tertiary/aromatic N) is 1. The van der Waals surface area contributed by atoms with Gasteiger partial charge in [0.1, 0.15) is 23.2 Å². The van der Waals surface area contributed by atoms with Crippen LogP contribution >= 0.6 is 0 Å². The molecule has 6 N–H and O–H groups in total. The lowest BCUT2D eigenvalue weighted by Gasteiger charge is -2.43. The smallest absolute Gasteiger partial charge is 0.241 e. The number of ketones is 3. The quantitative estimate of drug-likeness (QED) is 0.230. The zero-order chi connectivity index (χ0) is 35.1. The van der Waals surface area contributed by atoms with E-state index in [1.165, 1.54) is 39.2 Å². The Labute approximate surface area is 281 Å². The van der Waals surface area contributed by atoms with Crippen LogP contribution in [0.25, 0.3) is 0 Å². The molecule has 262 valence electrons. The maximum atomic E-state index is 14.2. The van der Waals surface area contributed by atoms with Gasteiger partial charge in [-0.1, -0.05) is 12.1 Å². The topological polar surface area (TPSA) is 216 Å². The molecule has 2 aromatic carbocycles. The lowest BCUT2D eigenvalue weighted by Crippen LogP contribution is -2.55. The Kier molecular flexibility index (Phi) is 8.39. The van der Waals surface area contributed by atoms with Crippen LogP contribution in [-0.4, -0.2) is 112 Å². The number of anilines is 1. The molecule has 1 amide bonds. The molecule has 15 nitrogen and oxygen atoms in total. The van der Waals surface area contributed by atoms with Gasteiger partial charge in [0.2, 0.25) is 5.91 Å². The van der Waals surface area contributed by atoms with Gasteiger partial charge in [0, 0.05) is 55.6 Å². The van der Waals surface area contributed by atoms with Crippen LogP contribution in [0.2, 0.25) is 0 Å². The first-order valence-corrected chi connectivity index (χ1v) is 16.2. The molecule has 3 aliphatic heterocycles. The van der Waals surface area contributed by atoms with Crippen molar-refractivity contribution in [1.82, 2.24) is 4.90 Å². The number of morpholine rings is 1. The van der Waals surface area contributed by atoms with Crippen LogP contribution in [-0.2, 0) is 39.7 Å². The molecule has 3 heterocycles. The molecule has 0 aromatic heterocycles. The van der Waals surface area contributed by atoms with Crippen LogP contribution in [0.3, 0.4) is 0 Å². The molecule has 15 heteroatoms. The summed E-state index contributed by atoms with van der Waals surface area (Å²) in [5, 5.41) is 37.6. The largest absolute Gasteiger partial charge is 0.507 e. The van der Waals surface area contributed by atoms with Gasteiger partial charge in [-0.3, -0.25) is 24.1 Å². The van der Waals surface area contributed by atoms with Crippen LogP contribution < -0.4 is 11.1 Å². The maximum absolute atomic E-state index is 14.2. The van der Waals surface area contributed by atoms with Crippen LogP contribution in [0.4, 0.5) is 5.69 Å². The van der Waals surface area contributed by atoms with Crippen molar-refractivity contribution >= 4 is 28.9 Å². The van der Waals surface area contributed by atoms with Crippen molar-refractivity contribution in [3.8, 4) is 11.5 Å². The number of aromatic hydroxyl groups is 2. The van der Waals surface area contributed by atoms with E-state index in [0.717, 1.165) is 0 Å².